The summed E-state index contributed by atoms with van der Waals surface area (Å²) in [7, 11) is 0. The van der Waals surface area contributed by atoms with E-state index in [-0.39, 0.29) is 5.79 Å². The zero-order valence-corrected chi connectivity index (χ0v) is 15.1. The maximum absolute atomic E-state index is 6.15. The van der Waals surface area contributed by atoms with E-state index in [1.54, 1.807) is 0 Å². The van der Waals surface area contributed by atoms with E-state index >= 15 is 0 Å². The van der Waals surface area contributed by atoms with Crippen LogP contribution in [0.3, 0.4) is 0 Å². The minimum atomic E-state index is -0.196. The second-order valence-electron chi connectivity index (χ2n) is 10.1. The largest absolute Gasteiger partial charge is 0.348 e. The van der Waals surface area contributed by atoms with Crippen LogP contribution in [0.1, 0.15) is 78.1 Å². The van der Waals surface area contributed by atoms with Gasteiger partial charge in [0.05, 0.1) is 13.2 Å². The third kappa shape index (κ3) is 2.06. The van der Waals surface area contributed by atoms with E-state index < -0.39 is 0 Å². The molecule has 5 aliphatic rings. The normalized spacial score (nSPS) is 54.5. The van der Waals surface area contributed by atoms with Crippen LogP contribution < -0.4 is 0 Å². The van der Waals surface area contributed by atoms with E-state index in [0.717, 1.165) is 43.3 Å². The van der Waals surface area contributed by atoms with Crippen molar-refractivity contribution in [1.29, 1.82) is 0 Å². The van der Waals surface area contributed by atoms with Gasteiger partial charge in [-0.2, -0.15) is 0 Å². The lowest BCUT2D eigenvalue weighted by molar-refractivity contribution is -0.157. The Morgan fingerprint density at radius 1 is 0.826 bits per heavy atom. The molecule has 0 radical (unpaired) electrons. The van der Waals surface area contributed by atoms with Crippen molar-refractivity contribution in [2.75, 3.05) is 13.2 Å². The molecule has 2 nitrogen and oxygen atoms in total. The zero-order valence-electron chi connectivity index (χ0n) is 15.1. The summed E-state index contributed by atoms with van der Waals surface area (Å²) >= 11 is 0. The highest BCUT2D eigenvalue weighted by atomic mass is 16.7. The molecule has 0 unspecified atom stereocenters. The number of fused-ring (bicyclic) bond motifs is 5. The molecule has 4 saturated carbocycles. The summed E-state index contributed by atoms with van der Waals surface area (Å²) in [5.41, 5.74) is 1.12. The van der Waals surface area contributed by atoms with Crippen LogP contribution in [0.15, 0.2) is 0 Å². The number of hydrogen-bond acceptors (Lipinski definition) is 2. The summed E-state index contributed by atoms with van der Waals surface area (Å²) in [6.45, 7) is 6.86. The van der Waals surface area contributed by atoms with Gasteiger partial charge >= 0.3 is 0 Å². The van der Waals surface area contributed by atoms with Crippen LogP contribution in [0, 0.1) is 34.5 Å². The lowest BCUT2D eigenvalue weighted by Crippen LogP contribution is -2.51. The molecule has 1 spiro atoms. The van der Waals surface area contributed by atoms with Crippen LogP contribution in [0.2, 0.25) is 0 Å². The van der Waals surface area contributed by atoms with Crippen molar-refractivity contribution >= 4 is 0 Å². The smallest absolute Gasteiger partial charge is 0.169 e. The topological polar surface area (TPSA) is 18.5 Å². The van der Waals surface area contributed by atoms with Gasteiger partial charge in [0.25, 0.3) is 0 Å². The number of hydrogen-bond donors (Lipinski definition) is 0. The van der Waals surface area contributed by atoms with Crippen molar-refractivity contribution in [3.8, 4) is 0 Å². The average Bonchev–Trinajstić information content (AvgIpc) is 3.10. The molecule has 5 fully saturated rings. The molecular weight excluding hydrogens is 284 g/mol. The van der Waals surface area contributed by atoms with E-state index in [2.05, 4.69) is 13.8 Å². The molecule has 0 aromatic carbocycles. The van der Waals surface area contributed by atoms with Crippen LogP contribution >= 0.6 is 0 Å². The first-order valence-corrected chi connectivity index (χ1v) is 10.3. The first-order valence-electron chi connectivity index (χ1n) is 10.3. The molecule has 1 saturated heterocycles. The molecule has 0 aromatic rings. The molecule has 0 aromatic heterocycles. The van der Waals surface area contributed by atoms with E-state index in [0.29, 0.717) is 10.8 Å². The summed E-state index contributed by atoms with van der Waals surface area (Å²) in [5, 5.41) is 0. The van der Waals surface area contributed by atoms with Gasteiger partial charge < -0.3 is 9.47 Å². The first-order chi connectivity index (χ1) is 11.0. The van der Waals surface area contributed by atoms with Crippen molar-refractivity contribution in [1.82, 2.24) is 0 Å². The van der Waals surface area contributed by atoms with Crippen LogP contribution in [0.25, 0.3) is 0 Å². The molecule has 0 N–H and O–H groups in total. The Morgan fingerprint density at radius 3 is 2.48 bits per heavy atom. The predicted molar refractivity (Wildman–Crippen MR) is 91.0 cm³/mol. The highest BCUT2D eigenvalue weighted by Gasteiger charge is 2.63. The van der Waals surface area contributed by atoms with Crippen molar-refractivity contribution in [3.05, 3.63) is 0 Å². The zero-order chi connectivity index (χ0) is 15.7. The van der Waals surface area contributed by atoms with Gasteiger partial charge in [-0.15, -0.1) is 0 Å². The summed E-state index contributed by atoms with van der Waals surface area (Å²) in [6, 6.07) is 0. The summed E-state index contributed by atoms with van der Waals surface area (Å²) in [5.74, 6) is 3.60. The fraction of sp³-hybridized carbons (Fsp3) is 1.00. The second-order valence-corrected chi connectivity index (χ2v) is 10.1. The van der Waals surface area contributed by atoms with E-state index in [4.69, 9.17) is 9.47 Å². The summed E-state index contributed by atoms with van der Waals surface area (Å²) in [4.78, 5) is 0. The lowest BCUT2D eigenvalue weighted by atomic mass is 9.45. The first kappa shape index (κ1) is 15.2. The molecule has 0 amide bonds. The SMILES string of the molecule is C[C@]12CC[C@@H]3[C@H](CC[C@H]4CCCC[C@@]43C)[C@H]1CC1(C2)OCCO1. The molecule has 6 atom stereocenters. The van der Waals surface area contributed by atoms with Gasteiger partial charge in [-0.1, -0.05) is 26.7 Å². The molecule has 130 valence electrons. The quantitative estimate of drug-likeness (QED) is 0.614. The molecule has 0 bridgehead atoms. The van der Waals surface area contributed by atoms with E-state index in [1.165, 1.54) is 57.8 Å². The third-order valence-corrected chi connectivity index (χ3v) is 9.12. The molecular formula is C21H34O2. The molecule has 23 heavy (non-hydrogen) atoms. The maximum Gasteiger partial charge on any atom is 0.169 e. The Bertz CT molecular complexity index is 482. The molecule has 1 aliphatic heterocycles. The van der Waals surface area contributed by atoms with Crippen molar-refractivity contribution < 1.29 is 9.47 Å². The van der Waals surface area contributed by atoms with E-state index in [9.17, 15) is 0 Å². The molecule has 4 aliphatic carbocycles. The number of rotatable bonds is 0. The van der Waals surface area contributed by atoms with Crippen molar-refractivity contribution in [3.63, 3.8) is 0 Å². The van der Waals surface area contributed by atoms with Crippen LogP contribution in [-0.4, -0.2) is 19.0 Å². The Balaban J connectivity index is 1.45. The summed E-state index contributed by atoms with van der Waals surface area (Å²) in [6.07, 6.45) is 14.2. The Labute approximate surface area is 141 Å². The minimum Gasteiger partial charge on any atom is -0.348 e. The van der Waals surface area contributed by atoms with Crippen LogP contribution in [0.4, 0.5) is 0 Å². The fourth-order valence-electron chi connectivity index (χ4n) is 8.05. The second kappa shape index (κ2) is 4.97. The van der Waals surface area contributed by atoms with Gasteiger partial charge in [0.1, 0.15) is 0 Å². The summed E-state index contributed by atoms with van der Waals surface area (Å²) < 4.78 is 12.3. The van der Waals surface area contributed by atoms with Crippen molar-refractivity contribution in [2.24, 2.45) is 34.5 Å². The van der Waals surface area contributed by atoms with Gasteiger partial charge in [0.15, 0.2) is 5.79 Å². The standard InChI is InChI=1S/C21H34O2/c1-19-10-8-17-16(7-6-15-5-3-4-9-20(15,17)2)18(19)13-21(14-19)22-11-12-23-21/h15-18H,3-14H2,1-2H3/t15-,16+,17-,18-,19-,20+/m1/s1. The monoisotopic (exact) mass is 318 g/mol. The van der Waals surface area contributed by atoms with Gasteiger partial charge in [0.2, 0.25) is 0 Å². The fourth-order valence-corrected chi connectivity index (χ4v) is 8.05. The highest BCUT2D eigenvalue weighted by molar-refractivity contribution is 5.10. The Kier molecular flexibility index (Phi) is 3.29. The average molecular weight is 319 g/mol. The maximum atomic E-state index is 6.15. The van der Waals surface area contributed by atoms with E-state index in [1.807, 2.05) is 0 Å². The lowest BCUT2D eigenvalue weighted by Gasteiger charge is -2.59. The molecule has 1 heterocycles. The predicted octanol–water partition coefficient (Wildman–Crippen LogP) is 5.16. The Morgan fingerprint density at radius 2 is 1.65 bits per heavy atom. The van der Waals surface area contributed by atoms with Gasteiger partial charge in [0, 0.05) is 12.8 Å². The Hall–Kier alpha value is -0.0800. The third-order valence-electron chi connectivity index (χ3n) is 9.12. The molecule has 2 heteroatoms. The number of ether oxygens (including phenoxy) is 2. The van der Waals surface area contributed by atoms with Gasteiger partial charge in [-0.25, -0.2) is 0 Å². The highest BCUT2D eigenvalue weighted by Crippen LogP contribution is 2.68. The van der Waals surface area contributed by atoms with Crippen LogP contribution in [0.5, 0.6) is 0 Å². The van der Waals surface area contributed by atoms with Gasteiger partial charge in [-0.05, 0) is 73.0 Å². The van der Waals surface area contributed by atoms with Crippen LogP contribution in [-0.2, 0) is 9.47 Å². The minimum absolute atomic E-state index is 0.196. The van der Waals surface area contributed by atoms with Crippen molar-refractivity contribution in [2.45, 2.75) is 83.8 Å². The molecule has 5 rings (SSSR count). The van der Waals surface area contributed by atoms with Gasteiger partial charge in [-0.3, -0.25) is 0 Å².